The van der Waals surface area contributed by atoms with Gasteiger partial charge in [-0.1, -0.05) is 54.4 Å². The molecule has 0 aromatic carbocycles. The molecule has 4 rings (SSSR count). The molecule has 10 unspecified atom stereocenters. The van der Waals surface area contributed by atoms with Crippen LogP contribution in [-0.4, -0.2) is 44.3 Å². The average Bonchev–Trinajstić information content (AvgIpc) is 3.06. The Hall–Kier alpha value is -0.160. The minimum Gasteiger partial charge on any atom is -0.393 e. The SMILES string of the molecule is CC(C)[C@@H](C)CC[C@@H](C)C1CCC2C3CC(O)C4(O)CC(O)CC(O)C4(C)C3CCC21C. The smallest absolute Gasteiger partial charge is 0.101 e. The minimum atomic E-state index is -1.39. The number of hydrogen-bond acceptors (Lipinski definition) is 4. The highest BCUT2D eigenvalue weighted by Crippen LogP contribution is 2.69. The van der Waals surface area contributed by atoms with Gasteiger partial charge in [-0.15, -0.1) is 0 Å². The first kappa shape index (κ1) is 24.9. The summed E-state index contributed by atoms with van der Waals surface area (Å²) in [5, 5.41) is 44.3. The first-order valence-electron chi connectivity index (χ1n) is 13.6. The standard InChI is InChI=1S/C28H50O4/c1-16(2)17(3)7-8-18(4)21-9-10-22-20-14-25(31)28(32)15-19(29)13-24(30)27(28,6)23(20)11-12-26(21,22)5/h16-25,29-32H,7-15H2,1-6H3/t17-,18+,19?,20?,21?,22?,23?,24?,25?,26?,27?,28?/m0/s1. The van der Waals surface area contributed by atoms with Gasteiger partial charge in [-0.2, -0.15) is 0 Å². The van der Waals surface area contributed by atoms with E-state index in [4.69, 9.17) is 0 Å². The summed E-state index contributed by atoms with van der Waals surface area (Å²) in [5.41, 5.74) is -1.84. The number of hydrogen-bond donors (Lipinski definition) is 4. The number of fused-ring (bicyclic) bond motifs is 5. The summed E-state index contributed by atoms with van der Waals surface area (Å²) in [7, 11) is 0. The molecule has 0 aliphatic heterocycles. The van der Waals surface area contributed by atoms with Crippen molar-refractivity contribution in [3.63, 3.8) is 0 Å². The summed E-state index contributed by atoms with van der Waals surface area (Å²) in [6.45, 7) is 14.1. The third-order valence-electron chi connectivity index (χ3n) is 11.9. The van der Waals surface area contributed by atoms with E-state index in [9.17, 15) is 20.4 Å². The lowest BCUT2D eigenvalue weighted by Crippen LogP contribution is -2.72. The zero-order chi connectivity index (χ0) is 23.6. The van der Waals surface area contributed by atoms with E-state index in [1.165, 1.54) is 25.7 Å². The molecule has 186 valence electrons. The number of rotatable bonds is 5. The highest BCUT2D eigenvalue weighted by Gasteiger charge is 2.70. The van der Waals surface area contributed by atoms with Crippen LogP contribution in [0.1, 0.15) is 99.3 Å². The summed E-state index contributed by atoms with van der Waals surface area (Å²) in [6, 6.07) is 0. The second kappa shape index (κ2) is 8.50. The van der Waals surface area contributed by atoms with Crippen LogP contribution >= 0.6 is 0 Å². The molecule has 4 saturated carbocycles. The molecule has 0 aromatic heterocycles. The van der Waals surface area contributed by atoms with Crippen molar-refractivity contribution in [3.05, 3.63) is 0 Å². The largest absolute Gasteiger partial charge is 0.393 e. The Balaban J connectivity index is 1.55. The number of aliphatic hydroxyl groups is 4. The maximum absolute atomic E-state index is 11.6. The first-order chi connectivity index (χ1) is 14.9. The van der Waals surface area contributed by atoms with Gasteiger partial charge in [0.1, 0.15) is 5.60 Å². The maximum atomic E-state index is 11.6. The van der Waals surface area contributed by atoms with Gasteiger partial charge in [0.05, 0.1) is 18.3 Å². The molecule has 32 heavy (non-hydrogen) atoms. The van der Waals surface area contributed by atoms with Crippen LogP contribution in [0.2, 0.25) is 0 Å². The molecular formula is C28H50O4. The molecule has 4 nitrogen and oxygen atoms in total. The van der Waals surface area contributed by atoms with Crippen molar-refractivity contribution < 1.29 is 20.4 Å². The molecule has 4 aliphatic carbocycles. The van der Waals surface area contributed by atoms with Gasteiger partial charge in [0.2, 0.25) is 0 Å². The summed E-state index contributed by atoms with van der Waals surface area (Å²) >= 11 is 0. The lowest BCUT2D eigenvalue weighted by Gasteiger charge is -2.66. The molecular weight excluding hydrogens is 400 g/mol. The topological polar surface area (TPSA) is 80.9 Å². The van der Waals surface area contributed by atoms with E-state index in [0.29, 0.717) is 30.1 Å². The Kier molecular flexibility index (Phi) is 6.63. The lowest BCUT2D eigenvalue weighted by atomic mass is 9.41. The Morgan fingerprint density at radius 3 is 2.19 bits per heavy atom. The summed E-state index contributed by atoms with van der Waals surface area (Å²) in [5.74, 6) is 4.10. The molecule has 0 radical (unpaired) electrons. The van der Waals surface area contributed by atoms with Gasteiger partial charge in [-0.3, -0.25) is 0 Å². The van der Waals surface area contributed by atoms with E-state index in [1.54, 1.807) is 0 Å². The van der Waals surface area contributed by atoms with Gasteiger partial charge in [-0.05, 0) is 85.4 Å². The third kappa shape index (κ3) is 3.53. The lowest BCUT2D eigenvalue weighted by molar-refractivity contribution is -0.294. The monoisotopic (exact) mass is 450 g/mol. The van der Waals surface area contributed by atoms with E-state index in [-0.39, 0.29) is 12.3 Å². The van der Waals surface area contributed by atoms with Crippen LogP contribution in [0.4, 0.5) is 0 Å². The highest BCUT2D eigenvalue weighted by molar-refractivity contribution is 5.19. The van der Waals surface area contributed by atoms with E-state index in [2.05, 4.69) is 34.6 Å². The zero-order valence-corrected chi connectivity index (χ0v) is 21.4. The van der Waals surface area contributed by atoms with Gasteiger partial charge in [-0.25, -0.2) is 0 Å². The fourth-order valence-corrected chi connectivity index (χ4v) is 9.37. The molecule has 4 aliphatic rings. The van der Waals surface area contributed by atoms with Crippen LogP contribution in [0, 0.1) is 52.3 Å². The van der Waals surface area contributed by atoms with Crippen molar-refractivity contribution in [3.8, 4) is 0 Å². The second-order valence-corrected chi connectivity index (χ2v) is 13.4. The predicted octanol–water partition coefficient (Wildman–Crippen LogP) is 4.77. The van der Waals surface area contributed by atoms with E-state index in [1.807, 2.05) is 6.92 Å². The Morgan fingerprint density at radius 1 is 0.844 bits per heavy atom. The van der Waals surface area contributed by atoms with Gasteiger partial charge >= 0.3 is 0 Å². The second-order valence-electron chi connectivity index (χ2n) is 13.4. The third-order valence-corrected chi connectivity index (χ3v) is 11.9. The van der Waals surface area contributed by atoms with Crippen LogP contribution in [0.3, 0.4) is 0 Å². The zero-order valence-electron chi connectivity index (χ0n) is 21.4. The normalized spacial score (nSPS) is 52.8. The van der Waals surface area contributed by atoms with E-state index < -0.39 is 29.3 Å². The average molecular weight is 451 g/mol. The van der Waals surface area contributed by atoms with E-state index in [0.717, 1.165) is 36.5 Å². The first-order valence-corrected chi connectivity index (χ1v) is 13.6. The van der Waals surface area contributed by atoms with Crippen LogP contribution < -0.4 is 0 Å². The molecule has 12 atom stereocenters. The van der Waals surface area contributed by atoms with Crippen molar-refractivity contribution in [2.75, 3.05) is 0 Å². The van der Waals surface area contributed by atoms with Gasteiger partial charge < -0.3 is 20.4 Å². The quantitative estimate of drug-likeness (QED) is 0.486. The summed E-state index contributed by atoms with van der Waals surface area (Å²) in [6.07, 6.45) is 6.00. The number of aliphatic hydroxyl groups excluding tert-OH is 3. The summed E-state index contributed by atoms with van der Waals surface area (Å²) < 4.78 is 0. The summed E-state index contributed by atoms with van der Waals surface area (Å²) in [4.78, 5) is 0. The van der Waals surface area contributed by atoms with Crippen LogP contribution in [-0.2, 0) is 0 Å². The van der Waals surface area contributed by atoms with Crippen LogP contribution in [0.5, 0.6) is 0 Å². The molecule has 0 heterocycles. The van der Waals surface area contributed by atoms with Gasteiger partial charge in [0, 0.05) is 11.8 Å². The van der Waals surface area contributed by atoms with Crippen molar-refractivity contribution in [1.29, 1.82) is 0 Å². The Bertz CT molecular complexity index is 680. The van der Waals surface area contributed by atoms with Crippen LogP contribution in [0.25, 0.3) is 0 Å². The molecule has 0 amide bonds. The molecule has 0 spiro atoms. The maximum Gasteiger partial charge on any atom is 0.101 e. The highest BCUT2D eigenvalue weighted by atomic mass is 16.4. The minimum absolute atomic E-state index is 0.181. The van der Waals surface area contributed by atoms with E-state index >= 15 is 0 Å². The molecule has 0 bridgehead atoms. The van der Waals surface area contributed by atoms with Crippen molar-refractivity contribution in [2.45, 2.75) is 123 Å². The van der Waals surface area contributed by atoms with Crippen molar-refractivity contribution in [2.24, 2.45) is 52.3 Å². The molecule has 4 heteroatoms. The van der Waals surface area contributed by atoms with Crippen molar-refractivity contribution >= 4 is 0 Å². The Labute approximate surface area is 196 Å². The van der Waals surface area contributed by atoms with Crippen LogP contribution in [0.15, 0.2) is 0 Å². The fourth-order valence-electron chi connectivity index (χ4n) is 9.37. The molecule has 4 N–H and O–H groups in total. The molecule has 0 aromatic rings. The molecule has 4 fully saturated rings. The van der Waals surface area contributed by atoms with Gasteiger partial charge in [0.15, 0.2) is 0 Å². The van der Waals surface area contributed by atoms with Gasteiger partial charge in [0.25, 0.3) is 0 Å². The fraction of sp³-hybridized carbons (Fsp3) is 1.00. The Morgan fingerprint density at radius 2 is 1.53 bits per heavy atom. The molecule has 0 saturated heterocycles. The predicted molar refractivity (Wildman–Crippen MR) is 128 cm³/mol. The van der Waals surface area contributed by atoms with Crippen molar-refractivity contribution in [1.82, 2.24) is 0 Å².